The molecule has 0 spiro atoms. The second-order valence-electron chi connectivity index (χ2n) is 6.00. The summed E-state index contributed by atoms with van der Waals surface area (Å²) in [6.45, 7) is 4.73. The van der Waals surface area contributed by atoms with Crippen LogP contribution in [0.1, 0.15) is 23.6 Å². The third-order valence-corrected chi connectivity index (χ3v) is 6.24. The number of benzene rings is 2. The summed E-state index contributed by atoms with van der Waals surface area (Å²) in [5.41, 5.74) is 2.86. The topological polar surface area (TPSA) is 46.6 Å². The second kappa shape index (κ2) is 8.95. The number of thioether (sulfide) groups is 1. The van der Waals surface area contributed by atoms with Gasteiger partial charge in [-0.15, -0.1) is 0 Å². The number of ether oxygens (including phenoxy) is 1. The Kier molecular flexibility index (Phi) is 6.85. The van der Waals surface area contributed by atoms with E-state index in [1.54, 1.807) is 6.08 Å². The molecule has 27 heavy (non-hydrogen) atoms. The fraction of sp³-hybridized carbons (Fsp3) is 0.200. The van der Waals surface area contributed by atoms with Crippen LogP contribution < -0.4 is 4.74 Å². The van der Waals surface area contributed by atoms with Crippen molar-refractivity contribution in [3.8, 4) is 5.75 Å². The maximum absolute atomic E-state index is 12.8. The molecule has 1 aliphatic heterocycles. The first kappa shape index (κ1) is 20.7. The summed E-state index contributed by atoms with van der Waals surface area (Å²) in [5, 5.41) is -0.244. The van der Waals surface area contributed by atoms with Gasteiger partial charge in [0.1, 0.15) is 5.75 Å². The number of hydrogen-bond donors (Lipinski definition) is 0. The average molecular weight is 605 g/mol. The molecule has 3 rings (SSSR count). The fourth-order valence-electron chi connectivity index (χ4n) is 2.75. The van der Waals surface area contributed by atoms with Gasteiger partial charge in [0.15, 0.2) is 0 Å². The Morgan fingerprint density at radius 3 is 2.67 bits per heavy atom. The Hall–Kier alpha value is -1.07. The summed E-state index contributed by atoms with van der Waals surface area (Å²) in [5.74, 6) is 0.479. The standard InChI is InChI=1S/C20H17I2NO3S/c1-3-26-18-14(8-15(21)10-16(18)22)9-17-19(24)23(20(25)27-17)11-13-6-4-5-12(2)7-13/h4-10H,3,11H2,1-2H3/b17-9+. The summed E-state index contributed by atoms with van der Waals surface area (Å²) in [6, 6.07) is 11.8. The number of carbonyl (C=O) groups excluding carboxylic acids is 2. The maximum atomic E-state index is 12.8. The fourth-order valence-corrected chi connectivity index (χ4v) is 5.63. The molecule has 0 unspecified atom stereocenters. The Morgan fingerprint density at radius 1 is 1.19 bits per heavy atom. The van der Waals surface area contributed by atoms with E-state index in [1.807, 2.05) is 50.2 Å². The summed E-state index contributed by atoms with van der Waals surface area (Å²) in [7, 11) is 0. The van der Waals surface area contributed by atoms with E-state index in [0.29, 0.717) is 11.5 Å². The van der Waals surface area contributed by atoms with Gasteiger partial charge >= 0.3 is 0 Å². The van der Waals surface area contributed by atoms with Crippen molar-refractivity contribution in [1.29, 1.82) is 0 Å². The van der Waals surface area contributed by atoms with Gasteiger partial charge in [-0.2, -0.15) is 0 Å². The third kappa shape index (κ3) is 4.86. The molecule has 0 atom stereocenters. The van der Waals surface area contributed by atoms with E-state index in [-0.39, 0.29) is 17.7 Å². The molecule has 7 heteroatoms. The van der Waals surface area contributed by atoms with Crippen LogP contribution in [-0.4, -0.2) is 22.7 Å². The highest BCUT2D eigenvalue weighted by atomic mass is 127. The van der Waals surface area contributed by atoms with E-state index in [9.17, 15) is 9.59 Å². The first-order valence-corrected chi connectivity index (χ1v) is 11.3. The predicted octanol–water partition coefficient (Wildman–Crippen LogP) is 5.84. The summed E-state index contributed by atoms with van der Waals surface area (Å²) in [4.78, 5) is 27.0. The van der Waals surface area contributed by atoms with Gasteiger partial charge in [-0.3, -0.25) is 14.5 Å². The first-order chi connectivity index (χ1) is 12.9. The lowest BCUT2D eigenvalue weighted by Crippen LogP contribution is -2.27. The van der Waals surface area contributed by atoms with Crippen molar-refractivity contribution in [3.63, 3.8) is 0 Å². The van der Waals surface area contributed by atoms with Gasteiger partial charge in [0.25, 0.3) is 11.1 Å². The molecule has 0 aliphatic carbocycles. The van der Waals surface area contributed by atoms with E-state index in [1.165, 1.54) is 4.90 Å². The normalized spacial score (nSPS) is 15.7. The van der Waals surface area contributed by atoms with Crippen LogP contribution in [0.2, 0.25) is 0 Å². The quantitative estimate of drug-likeness (QED) is 0.318. The van der Waals surface area contributed by atoms with Crippen LogP contribution in [0, 0.1) is 14.1 Å². The smallest absolute Gasteiger partial charge is 0.293 e. The molecular weight excluding hydrogens is 588 g/mol. The number of nitrogens with zero attached hydrogens (tertiary/aromatic N) is 1. The minimum Gasteiger partial charge on any atom is -0.492 e. The van der Waals surface area contributed by atoms with Crippen molar-refractivity contribution in [3.05, 3.63) is 65.1 Å². The molecule has 2 aromatic rings. The number of rotatable bonds is 5. The molecule has 2 amide bonds. The van der Waals surface area contributed by atoms with Gasteiger partial charge in [0, 0.05) is 9.13 Å². The second-order valence-corrected chi connectivity index (χ2v) is 9.40. The summed E-state index contributed by atoms with van der Waals surface area (Å²) < 4.78 is 7.78. The van der Waals surface area contributed by atoms with E-state index in [4.69, 9.17) is 4.74 Å². The molecule has 1 saturated heterocycles. The minimum absolute atomic E-state index is 0.244. The van der Waals surface area contributed by atoms with Crippen LogP contribution in [0.4, 0.5) is 4.79 Å². The molecular formula is C20H17I2NO3S. The van der Waals surface area contributed by atoms with Crippen molar-refractivity contribution < 1.29 is 14.3 Å². The molecule has 2 aromatic carbocycles. The SMILES string of the molecule is CCOc1c(I)cc(I)cc1/C=C1/SC(=O)N(Cc2cccc(C)c2)C1=O. The zero-order valence-corrected chi connectivity index (χ0v) is 19.9. The molecule has 1 aliphatic rings. The van der Waals surface area contributed by atoms with Crippen molar-refractivity contribution in [2.24, 2.45) is 0 Å². The van der Waals surface area contributed by atoms with E-state index < -0.39 is 0 Å². The molecule has 0 saturated carbocycles. The summed E-state index contributed by atoms with van der Waals surface area (Å²) >= 11 is 5.44. The molecule has 1 heterocycles. The Morgan fingerprint density at radius 2 is 1.96 bits per heavy atom. The van der Waals surface area contributed by atoms with E-state index in [2.05, 4.69) is 45.2 Å². The van der Waals surface area contributed by atoms with Crippen molar-refractivity contribution in [2.75, 3.05) is 6.61 Å². The number of hydrogen-bond acceptors (Lipinski definition) is 4. The van der Waals surface area contributed by atoms with Crippen molar-refractivity contribution >= 4 is 74.2 Å². The lowest BCUT2D eigenvalue weighted by atomic mass is 10.1. The average Bonchev–Trinajstić information content (AvgIpc) is 2.85. The van der Waals surface area contributed by atoms with Crippen LogP contribution in [0.3, 0.4) is 0 Å². The number of halogens is 2. The number of imide groups is 1. The minimum atomic E-state index is -0.261. The number of carbonyl (C=O) groups is 2. The highest BCUT2D eigenvalue weighted by molar-refractivity contribution is 14.1. The van der Waals surface area contributed by atoms with Gasteiger partial charge < -0.3 is 4.74 Å². The van der Waals surface area contributed by atoms with Gasteiger partial charge in [0.2, 0.25) is 0 Å². The molecule has 0 N–H and O–H groups in total. The van der Waals surface area contributed by atoms with Crippen LogP contribution in [0.15, 0.2) is 41.3 Å². The highest BCUT2D eigenvalue weighted by Gasteiger charge is 2.35. The first-order valence-electron chi connectivity index (χ1n) is 8.31. The zero-order chi connectivity index (χ0) is 19.6. The Bertz CT molecular complexity index is 943. The van der Waals surface area contributed by atoms with Crippen LogP contribution in [-0.2, 0) is 11.3 Å². The molecule has 0 radical (unpaired) electrons. The van der Waals surface area contributed by atoms with Crippen molar-refractivity contribution in [2.45, 2.75) is 20.4 Å². The number of amides is 2. The largest absolute Gasteiger partial charge is 0.492 e. The van der Waals surface area contributed by atoms with Gasteiger partial charge in [-0.1, -0.05) is 29.8 Å². The highest BCUT2D eigenvalue weighted by Crippen LogP contribution is 2.36. The Balaban J connectivity index is 1.91. The van der Waals surface area contributed by atoms with Gasteiger partial charge in [-0.05, 0) is 94.6 Å². The molecule has 140 valence electrons. The lowest BCUT2D eigenvalue weighted by molar-refractivity contribution is -0.123. The molecule has 4 nitrogen and oxygen atoms in total. The maximum Gasteiger partial charge on any atom is 0.293 e. The summed E-state index contributed by atoms with van der Waals surface area (Å²) in [6.07, 6.45) is 1.76. The molecule has 0 aromatic heterocycles. The van der Waals surface area contributed by atoms with E-state index in [0.717, 1.165) is 41.3 Å². The van der Waals surface area contributed by atoms with Gasteiger partial charge in [0.05, 0.1) is 21.6 Å². The zero-order valence-electron chi connectivity index (χ0n) is 14.8. The van der Waals surface area contributed by atoms with Crippen LogP contribution >= 0.6 is 56.9 Å². The number of aryl methyl sites for hydroxylation is 1. The monoisotopic (exact) mass is 605 g/mol. The Labute approximate surface area is 190 Å². The van der Waals surface area contributed by atoms with Crippen LogP contribution in [0.5, 0.6) is 5.75 Å². The van der Waals surface area contributed by atoms with Crippen LogP contribution in [0.25, 0.3) is 6.08 Å². The van der Waals surface area contributed by atoms with Crippen molar-refractivity contribution in [1.82, 2.24) is 4.90 Å². The molecule has 0 bridgehead atoms. The molecule has 1 fully saturated rings. The van der Waals surface area contributed by atoms with E-state index >= 15 is 0 Å². The third-order valence-electron chi connectivity index (χ3n) is 3.91. The lowest BCUT2D eigenvalue weighted by Gasteiger charge is -2.13. The predicted molar refractivity (Wildman–Crippen MR) is 126 cm³/mol. The van der Waals surface area contributed by atoms with Gasteiger partial charge in [-0.25, -0.2) is 0 Å².